The molecule has 0 spiro atoms. The second-order valence-electron chi connectivity index (χ2n) is 3.15. The van der Waals surface area contributed by atoms with E-state index in [1.165, 1.54) is 0 Å². The molecule has 1 aliphatic rings. The number of hydrogen-bond acceptors (Lipinski definition) is 6. The van der Waals surface area contributed by atoms with Crippen molar-refractivity contribution in [2.45, 2.75) is 6.92 Å². The molecule has 0 aromatic carbocycles. The third-order valence-corrected chi connectivity index (χ3v) is 1.98. The molecule has 2 N–H and O–H groups in total. The summed E-state index contributed by atoms with van der Waals surface area (Å²) >= 11 is 0. The van der Waals surface area contributed by atoms with Crippen molar-refractivity contribution < 1.29 is 9.53 Å². The highest BCUT2D eigenvalue weighted by atomic mass is 16.5. The van der Waals surface area contributed by atoms with E-state index >= 15 is 0 Å². The van der Waals surface area contributed by atoms with Gasteiger partial charge in [0.15, 0.2) is 11.6 Å². The molecule has 0 saturated heterocycles. The number of fused-ring (bicyclic) bond motifs is 1. The smallest absolute Gasteiger partial charge is 0.331 e. The van der Waals surface area contributed by atoms with E-state index in [-0.39, 0.29) is 18.5 Å². The molecule has 0 fully saturated rings. The molecule has 0 bridgehead atoms. The highest BCUT2D eigenvalue weighted by Crippen LogP contribution is 2.31. The molecule has 14 heavy (non-hydrogen) atoms. The Labute approximate surface area is 80.7 Å². The lowest BCUT2D eigenvalue weighted by Gasteiger charge is -2.25. The van der Waals surface area contributed by atoms with Gasteiger partial charge < -0.3 is 15.4 Å². The van der Waals surface area contributed by atoms with Crippen LogP contribution < -0.4 is 15.4 Å². The maximum Gasteiger partial charge on any atom is 0.331 e. The van der Waals surface area contributed by atoms with Crippen molar-refractivity contribution in [3.63, 3.8) is 0 Å². The minimum absolute atomic E-state index is 0.183. The largest absolute Gasteiger partial charge is 0.419 e. The minimum atomic E-state index is -0.309. The van der Waals surface area contributed by atoms with Crippen LogP contribution in [0.3, 0.4) is 0 Å². The van der Waals surface area contributed by atoms with Gasteiger partial charge in [-0.25, -0.2) is 9.78 Å². The quantitative estimate of drug-likeness (QED) is 0.572. The standard InChI is InChI=1S/C8H10N4O2/c1-4-6-7(11-8(9)10-4)12(2)3-5(13)14-6/h3H2,1-2H3,(H2,9,10,11). The first kappa shape index (κ1) is 8.74. The van der Waals surface area contributed by atoms with Gasteiger partial charge in [0, 0.05) is 7.05 Å². The summed E-state index contributed by atoms with van der Waals surface area (Å²) in [6.07, 6.45) is 0. The summed E-state index contributed by atoms with van der Waals surface area (Å²) in [4.78, 5) is 20.7. The van der Waals surface area contributed by atoms with Crippen LogP contribution in [-0.2, 0) is 4.79 Å². The number of likely N-dealkylation sites (N-methyl/N-ethyl adjacent to an activating group) is 1. The van der Waals surface area contributed by atoms with Crippen LogP contribution in [0, 0.1) is 6.92 Å². The number of nitrogens with two attached hydrogens (primary N) is 1. The number of carbonyl (C=O) groups excluding carboxylic acids is 1. The van der Waals surface area contributed by atoms with Crippen LogP contribution >= 0.6 is 0 Å². The Hall–Kier alpha value is -1.85. The molecule has 1 aliphatic heterocycles. The molecular formula is C8H10N4O2. The molecule has 0 radical (unpaired) electrons. The van der Waals surface area contributed by atoms with Gasteiger partial charge in [-0.05, 0) is 6.92 Å². The number of carbonyl (C=O) groups is 1. The number of esters is 1. The first-order valence-corrected chi connectivity index (χ1v) is 4.14. The van der Waals surface area contributed by atoms with E-state index < -0.39 is 0 Å². The van der Waals surface area contributed by atoms with Gasteiger partial charge in [0.1, 0.15) is 6.54 Å². The molecule has 2 rings (SSSR count). The zero-order valence-electron chi connectivity index (χ0n) is 7.94. The Morgan fingerprint density at radius 3 is 2.93 bits per heavy atom. The zero-order valence-corrected chi connectivity index (χ0v) is 7.94. The van der Waals surface area contributed by atoms with E-state index in [4.69, 9.17) is 10.5 Å². The number of hydrogen-bond donors (Lipinski definition) is 1. The van der Waals surface area contributed by atoms with Gasteiger partial charge in [-0.2, -0.15) is 4.98 Å². The van der Waals surface area contributed by atoms with Crippen molar-refractivity contribution in [1.29, 1.82) is 0 Å². The molecule has 0 unspecified atom stereocenters. The van der Waals surface area contributed by atoms with E-state index in [0.29, 0.717) is 17.3 Å². The summed E-state index contributed by atoms with van der Waals surface area (Å²) in [5, 5.41) is 0. The van der Waals surface area contributed by atoms with Crippen molar-refractivity contribution in [2.24, 2.45) is 0 Å². The molecule has 6 heteroatoms. The molecule has 2 heterocycles. The van der Waals surface area contributed by atoms with Crippen LogP contribution in [0.2, 0.25) is 0 Å². The van der Waals surface area contributed by atoms with Crippen molar-refractivity contribution in [1.82, 2.24) is 9.97 Å². The molecule has 0 aliphatic carbocycles. The van der Waals surface area contributed by atoms with Crippen molar-refractivity contribution >= 4 is 17.7 Å². The summed E-state index contributed by atoms with van der Waals surface area (Å²) in [6, 6.07) is 0. The van der Waals surface area contributed by atoms with Crippen LogP contribution in [0.15, 0.2) is 0 Å². The second kappa shape index (κ2) is 2.83. The molecule has 6 nitrogen and oxygen atoms in total. The third-order valence-electron chi connectivity index (χ3n) is 1.98. The molecule has 1 aromatic rings. The first-order valence-electron chi connectivity index (χ1n) is 4.14. The summed E-state index contributed by atoms with van der Waals surface area (Å²) in [7, 11) is 1.76. The van der Waals surface area contributed by atoms with Gasteiger partial charge in [0.25, 0.3) is 0 Å². The lowest BCUT2D eigenvalue weighted by molar-refractivity contribution is -0.133. The van der Waals surface area contributed by atoms with Gasteiger partial charge in [0.2, 0.25) is 5.95 Å². The second-order valence-corrected chi connectivity index (χ2v) is 3.15. The summed E-state index contributed by atoms with van der Waals surface area (Å²) < 4.78 is 5.03. The fourth-order valence-electron chi connectivity index (χ4n) is 1.36. The predicted molar refractivity (Wildman–Crippen MR) is 50.1 cm³/mol. The fourth-order valence-corrected chi connectivity index (χ4v) is 1.36. The molecule has 0 atom stereocenters. The third kappa shape index (κ3) is 1.24. The number of nitrogen functional groups attached to an aromatic ring is 1. The number of anilines is 2. The van der Waals surface area contributed by atoms with Crippen LogP contribution in [0.4, 0.5) is 11.8 Å². The molecule has 0 saturated carbocycles. The Kier molecular flexibility index (Phi) is 1.77. The van der Waals surface area contributed by atoms with E-state index in [1.54, 1.807) is 18.9 Å². The van der Waals surface area contributed by atoms with Gasteiger partial charge in [-0.1, -0.05) is 0 Å². The van der Waals surface area contributed by atoms with Crippen molar-refractivity contribution in [3.8, 4) is 5.75 Å². The molecule has 74 valence electrons. The average molecular weight is 194 g/mol. The Balaban J connectivity index is 2.58. The first-order chi connectivity index (χ1) is 6.58. The van der Waals surface area contributed by atoms with Crippen LogP contribution in [0.25, 0.3) is 0 Å². The van der Waals surface area contributed by atoms with Crippen LogP contribution in [0.1, 0.15) is 5.69 Å². The van der Waals surface area contributed by atoms with Gasteiger partial charge in [-0.3, -0.25) is 0 Å². The number of rotatable bonds is 0. The highest BCUT2D eigenvalue weighted by Gasteiger charge is 2.25. The lowest BCUT2D eigenvalue weighted by Crippen LogP contribution is -2.35. The van der Waals surface area contributed by atoms with E-state index in [0.717, 1.165) is 0 Å². The maximum atomic E-state index is 11.1. The summed E-state index contributed by atoms with van der Waals surface area (Å²) in [5.41, 5.74) is 6.07. The Bertz CT molecular complexity index is 405. The number of aromatic nitrogens is 2. The summed E-state index contributed by atoms with van der Waals surface area (Å²) in [5.74, 6) is 0.843. The summed E-state index contributed by atoms with van der Waals surface area (Å²) in [6.45, 7) is 1.91. The SMILES string of the molecule is Cc1nc(N)nc2c1OC(=O)CN2C. The molecule has 0 amide bonds. The van der Waals surface area contributed by atoms with Crippen molar-refractivity contribution in [3.05, 3.63) is 5.69 Å². The number of ether oxygens (including phenoxy) is 1. The van der Waals surface area contributed by atoms with Gasteiger partial charge in [-0.15, -0.1) is 0 Å². The van der Waals surface area contributed by atoms with Gasteiger partial charge in [0.05, 0.1) is 5.69 Å². The topological polar surface area (TPSA) is 81.3 Å². The number of aryl methyl sites for hydroxylation is 1. The Morgan fingerprint density at radius 2 is 2.21 bits per heavy atom. The van der Waals surface area contributed by atoms with E-state index in [2.05, 4.69) is 9.97 Å². The minimum Gasteiger partial charge on any atom is -0.419 e. The van der Waals surface area contributed by atoms with Crippen LogP contribution in [0.5, 0.6) is 5.75 Å². The van der Waals surface area contributed by atoms with E-state index in [9.17, 15) is 4.79 Å². The zero-order chi connectivity index (χ0) is 10.3. The highest BCUT2D eigenvalue weighted by molar-refractivity contribution is 5.83. The monoisotopic (exact) mass is 194 g/mol. The predicted octanol–water partition coefficient (Wildman–Crippen LogP) is -0.278. The lowest BCUT2D eigenvalue weighted by atomic mass is 10.3. The molecule has 1 aromatic heterocycles. The molecular weight excluding hydrogens is 184 g/mol. The maximum absolute atomic E-state index is 11.1. The normalized spacial score (nSPS) is 15.0. The van der Waals surface area contributed by atoms with Crippen LogP contribution in [-0.4, -0.2) is 29.5 Å². The van der Waals surface area contributed by atoms with Crippen molar-refractivity contribution in [2.75, 3.05) is 24.2 Å². The average Bonchev–Trinajstić information content (AvgIpc) is 2.07. The number of nitrogens with zero attached hydrogens (tertiary/aromatic N) is 3. The fraction of sp³-hybridized carbons (Fsp3) is 0.375. The van der Waals surface area contributed by atoms with E-state index in [1.807, 2.05) is 0 Å². The Morgan fingerprint density at radius 1 is 1.50 bits per heavy atom. The van der Waals surface area contributed by atoms with Gasteiger partial charge >= 0.3 is 5.97 Å².